The smallest absolute Gasteiger partial charge is 0.271 e. The molecule has 2 heterocycles. The molecule has 0 aliphatic heterocycles. The summed E-state index contributed by atoms with van der Waals surface area (Å²) in [6.45, 7) is 1.50. The average Bonchev–Trinajstić information content (AvgIpc) is 3.04. The number of nitrogens with two attached hydrogens (primary N) is 1. The summed E-state index contributed by atoms with van der Waals surface area (Å²) in [7, 11) is 0. The second kappa shape index (κ2) is 5.85. The van der Waals surface area contributed by atoms with Gasteiger partial charge in [-0.25, -0.2) is 4.98 Å². The van der Waals surface area contributed by atoms with Gasteiger partial charge < -0.3 is 20.6 Å². The first kappa shape index (κ1) is 14.2. The third kappa shape index (κ3) is 3.03. The molecule has 0 bridgehead atoms. The number of aryl methyl sites for hydroxylation is 1. The van der Waals surface area contributed by atoms with Gasteiger partial charge in [-0.2, -0.15) is 0 Å². The second-order valence-corrected chi connectivity index (χ2v) is 5.23. The van der Waals surface area contributed by atoms with Crippen LogP contribution in [0.3, 0.4) is 0 Å². The van der Waals surface area contributed by atoms with Gasteiger partial charge in [0.05, 0.1) is 12.8 Å². The summed E-state index contributed by atoms with van der Waals surface area (Å²) in [6.07, 6.45) is 0.108. The molecule has 20 heavy (non-hydrogen) atoms. The van der Waals surface area contributed by atoms with Gasteiger partial charge in [-0.15, -0.1) is 11.3 Å². The molecular formula is C12H13N3O4S. The normalized spacial score (nSPS) is 12.1. The van der Waals surface area contributed by atoms with Gasteiger partial charge in [-0.05, 0) is 19.1 Å². The highest BCUT2D eigenvalue weighted by Gasteiger charge is 2.19. The van der Waals surface area contributed by atoms with E-state index in [1.54, 1.807) is 19.1 Å². The molecule has 0 saturated carbocycles. The van der Waals surface area contributed by atoms with Crippen molar-refractivity contribution in [2.45, 2.75) is 13.0 Å². The Morgan fingerprint density at radius 2 is 2.35 bits per heavy atom. The van der Waals surface area contributed by atoms with Crippen molar-refractivity contribution in [1.29, 1.82) is 0 Å². The van der Waals surface area contributed by atoms with E-state index < -0.39 is 17.9 Å². The third-order valence-corrected chi connectivity index (χ3v) is 3.51. The fourth-order valence-electron chi connectivity index (χ4n) is 1.49. The van der Waals surface area contributed by atoms with Crippen LogP contribution in [0, 0.1) is 6.92 Å². The maximum atomic E-state index is 11.9. The van der Waals surface area contributed by atoms with Gasteiger partial charge in [0.15, 0.2) is 10.8 Å². The molecule has 7 nitrogen and oxygen atoms in total. The average molecular weight is 295 g/mol. The predicted octanol–water partition coefficient (Wildman–Crippen LogP) is 0.288. The van der Waals surface area contributed by atoms with Crippen molar-refractivity contribution in [1.82, 2.24) is 10.3 Å². The molecule has 0 spiro atoms. The Bertz CT molecular complexity index is 621. The first-order valence-corrected chi connectivity index (χ1v) is 6.57. The lowest BCUT2D eigenvalue weighted by molar-refractivity contribution is -0.125. The van der Waals surface area contributed by atoms with Crippen LogP contribution in [-0.4, -0.2) is 34.6 Å². The summed E-state index contributed by atoms with van der Waals surface area (Å²) >= 11 is 1.32. The molecule has 0 radical (unpaired) electrons. The Hall–Kier alpha value is -2.19. The highest BCUT2D eigenvalue weighted by atomic mass is 32.1. The van der Waals surface area contributed by atoms with E-state index in [9.17, 15) is 14.7 Å². The van der Waals surface area contributed by atoms with Crippen LogP contribution in [0.15, 0.2) is 22.8 Å². The van der Waals surface area contributed by atoms with E-state index in [0.29, 0.717) is 15.6 Å². The lowest BCUT2D eigenvalue weighted by Crippen LogP contribution is -2.40. The number of amides is 2. The van der Waals surface area contributed by atoms with Gasteiger partial charge in [0.25, 0.3) is 5.91 Å². The van der Waals surface area contributed by atoms with Crippen LogP contribution in [-0.2, 0) is 4.79 Å². The summed E-state index contributed by atoms with van der Waals surface area (Å²) in [6, 6.07) is 3.48. The second-order valence-electron chi connectivity index (χ2n) is 4.03. The number of aliphatic hydroxyl groups is 1. The van der Waals surface area contributed by atoms with Gasteiger partial charge in [-0.1, -0.05) is 0 Å². The van der Waals surface area contributed by atoms with Crippen molar-refractivity contribution in [3.63, 3.8) is 0 Å². The SMILES string of the molecule is Cc1sc(-c2ccco2)nc1C(=O)NCC(O)C(N)=O. The van der Waals surface area contributed by atoms with E-state index in [0.717, 1.165) is 0 Å². The molecule has 2 rings (SSSR count). The fourth-order valence-corrected chi connectivity index (χ4v) is 2.37. The summed E-state index contributed by atoms with van der Waals surface area (Å²) in [5.74, 6) is -0.789. The molecule has 2 aromatic rings. The lowest BCUT2D eigenvalue weighted by Gasteiger charge is -2.07. The van der Waals surface area contributed by atoms with Crippen molar-refractivity contribution in [3.05, 3.63) is 29.0 Å². The first-order chi connectivity index (χ1) is 9.49. The summed E-state index contributed by atoms with van der Waals surface area (Å²) in [5.41, 5.74) is 5.13. The molecule has 0 fully saturated rings. The van der Waals surface area contributed by atoms with E-state index in [2.05, 4.69) is 10.3 Å². The van der Waals surface area contributed by atoms with Crippen LogP contribution in [0.4, 0.5) is 0 Å². The standard InChI is InChI=1S/C12H13N3O4S/c1-6-9(11(18)14-5-7(16)10(13)17)15-12(20-6)8-3-2-4-19-8/h2-4,7,16H,5H2,1H3,(H2,13,17)(H,14,18). The number of aromatic nitrogens is 1. The van der Waals surface area contributed by atoms with E-state index >= 15 is 0 Å². The Morgan fingerprint density at radius 3 is 2.95 bits per heavy atom. The monoisotopic (exact) mass is 295 g/mol. The Morgan fingerprint density at radius 1 is 1.60 bits per heavy atom. The van der Waals surface area contributed by atoms with Gasteiger partial charge in [0, 0.05) is 4.88 Å². The van der Waals surface area contributed by atoms with Crippen molar-refractivity contribution in [2.24, 2.45) is 5.73 Å². The predicted molar refractivity (Wildman–Crippen MR) is 72.1 cm³/mol. The number of hydrogen-bond acceptors (Lipinski definition) is 6. The molecule has 106 valence electrons. The Balaban J connectivity index is 2.09. The minimum Gasteiger partial charge on any atom is -0.462 e. The zero-order valence-corrected chi connectivity index (χ0v) is 11.4. The van der Waals surface area contributed by atoms with Crippen LogP contribution < -0.4 is 11.1 Å². The quantitative estimate of drug-likeness (QED) is 0.732. The topological polar surface area (TPSA) is 118 Å². The number of furan rings is 1. The van der Waals surface area contributed by atoms with Crippen LogP contribution >= 0.6 is 11.3 Å². The van der Waals surface area contributed by atoms with Crippen molar-refractivity contribution in [3.8, 4) is 10.8 Å². The van der Waals surface area contributed by atoms with E-state index in [1.165, 1.54) is 17.6 Å². The molecule has 2 aromatic heterocycles. The highest BCUT2D eigenvalue weighted by Crippen LogP contribution is 2.27. The lowest BCUT2D eigenvalue weighted by atomic mass is 10.3. The van der Waals surface area contributed by atoms with Gasteiger partial charge in [0.1, 0.15) is 11.8 Å². The van der Waals surface area contributed by atoms with Gasteiger partial charge >= 0.3 is 0 Å². The van der Waals surface area contributed by atoms with Crippen LogP contribution in [0.5, 0.6) is 0 Å². The number of hydrogen-bond donors (Lipinski definition) is 3. The number of primary amides is 1. The zero-order chi connectivity index (χ0) is 14.7. The minimum absolute atomic E-state index is 0.234. The molecule has 1 atom stereocenters. The molecule has 2 amide bonds. The Kier molecular flexibility index (Phi) is 4.16. The molecule has 4 N–H and O–H groups in total. The maximum Gasteiger partial charge on any atom is 0.271 e. The zero-order valence-electron chi connectivity index (χ0n) is 10.6. The number of rotatable bonds is 5. The number of thiazole rings is 1. The molecule has 0 saturated heterocycles. The Labute approximate surface area is 118 Å². The number of nitrogens with one attached hydrogen (secondary N) is 1. The van der Waals surface area contributed by atoms with E-state index in [-0.39, 0.29) is 12.2 Å². The largest absolute Gasteiger partial charge is 0.462 e. The summed E-state index contributed by atoms with van der Waals surface area (Å²) < 4.78 is 5.21. The first-order valence-electron chi connectivity index (χ1n) is 5.76. The summed E-state index contributed by atoms with van der Waals surface area (Å²) in [5, 5.41) is 12.2. The number of nitrogens with zero attached hydrogens (tertiary/aromatic N) is 1. The van der Waals surface area contributed by atoms with Crippen LogP contribution in [0.1, 0.15) is 15.4 Å². The number of carbonyl (C=O) groups excluding carboxylic acids is 2. The van der Waals surface area contributed by atoms with Crippen LogP contribution in [0.2, 0.25) is 0 Å². The molecule has 0 aliphatic rings. The minimum atomic E-state index is -1.41. The molecule has 0 aliphatic carbocycles. The maximum absolute atomic E-state index is 11.9. The van der Waals surface area contributed by atoms with E-state index in [4.69, 9.17) is 10.2 Å². The highest BCUT2D eigenvalue weighted by molar-refractivity contribution is 7.15. The van der Waals surface area contributed by atoms with Crippen LogP contribution in [0.25, 0.3) is 10.8 Å². The van der Waals surface area contributed by atoms with Crippen molar-refractivity contribution < 1.29 is 19.1 Å². The van der Waals surface area contributed by atoms with Crippen molar-refractivity contribution >= 4 is 23.2 Å². The summed E-state index contributed by atoms with van der Waals surface area (Å²) in [4.78, 5) is 27.5. The number of aliphatic hydroxyl groups excluding tert-OH is 1. The van der Waals surface area contributed by atoms with Gasteiger partial charge in [0.2, 0.25) is 5.91 Å². The molecule has 1 unspecified atom stereocenters. The van der Waals surface area contributed by atoms with Gasteiger partial charge in [-0.3, -0.25) is 9.59 Å². The molecular weight excluding hydrogens is 282 g/mol. The molecule has 0 aromatic carbocycles. The molecule has 8 heteroatoms. The van der Waals surface area contributed by atoms with E-state index in [1.807, 2.05) is 0 Å². The van der Waals surface area contributed by atoms with Crippen molar-refractivity contribution in [2.75, 3.05) is 6.54 Å². The fraction of sp³-hybridized carbons (Fsp3) is 0.250. The third-order valence-electron chi connectivity index (χ3n) is 2.53. The number of carbonyl (C=O) groups is 2.